The van der Waals surface area contributed by atoms with Gasteiger partial charge < -0.3 is 10.1 Å². The third kappa shape index (κ3) is 2.45. The molecule has 1 N–H and O–H groups in total. The van der Waals surface area contributed by atoms with Crippen molar-refractivity contribution in [2.45, 2.75) is 19.6 Å². The van der Waals surface area contributed by atoms with Gasteiger partial charge in [-0.25, -0.2) is 0 Å². The van der Waals surface area contributed by atoms with E-state index in [-0.39, 0.29) is 12.1 Å². The lowest BCUT2D eigenvalue weighted by Crippen LogP contribution is -2.51. The predicted molar refractivity (Wildman–Crippen MR) is 73.8 cm³/mol. The summed E-state index contributed by atoms with van der Waals surface area (Å²) in [5.41, 5.74) is 3.43. The van der Waals surface area contributed by atoms with Crippen LogP contribution in [0.25, 0.3) is 11.1 Å². The monoisotopic (exact) mass is 253 g/mol. The second-order valence-corrected chi connectivity index (χ2v) is 4.72. The van der Waals surface area contributed by atoms with E-state index in [1.807, 2.05) is 37.3 Å². The first kappa shape index (κ1) is 11.8. The zero-order valence-corrected chi connectivity index (χ0v) is 10.7. The van der Waals surface area contributed by atoms with E-state index in [1.165, 1.54) is 11.1 Å². The first-order valence-corrected chi connectivity index (χ1v) is 6.34. The van der Waals surface area contributed by atoms with Crippen LogP contribution >= 0.6 is 0 Å². The zero-order valence-electron chi connectivity index (χ0n) is 10.7. The number of carbonyl (C=O) groups is 1. The van der Waals surface area contributed by atoms with Crippen LogP contribution in [0.4, 0.5) is 0 Å². The second kappa shape index (κ2) is 4.76. The lowest BCUT2D eigenvalue weighted by Gasteiger charge is -2.28. The summed E-state index contributed by atoms with van der Waals surface area (Å²) in [6.45, 7) is 2.02. The van der Waals surface area contributed by atoms with E-state index < -0.39 is 0 Å². The number of amides is 1. The van der Waals surface area contributed by atoms with Gasteiger partial charge in [0.05, 0.1) is 6.42 Å². The predicted octanol–water partition coefficient (Wildman–Crippen LogP) is 2.89. The Morgan fingerprint density at radius 3 is 2.47 bits per heavy atom. The second-order valence-electron chi connectivity index (χ2n) is 4.72. The maximum Gasteiger partial charge on any atom is 0.228 e. The fourth-order valence-corrected chi connectivity index (χ4v) is 2.14. The molecule has 0 aromatic heterocycles. The molecule has 2 aromatic rings. The minimum absolute atomic E-state index is 0.0450. The van der Waals surface area contributed by atoms with Crippen molar-refractivity contribution in [3.8, 4) is 16.9 Å². The summed E-state index contributed by atoms with van der Waals surface area (Å²) in [4.78, 5) is 10.8. The van der Waals surface area contributed by atoms with Crippen LogP contribution in [0.3, 0.4) is 0 Å². The SMILES string of the molecule is Cc1cc(-c2ccccc2)ccc1O[C@@H]1CC(=O)N1. The van der Waals surface area contributed by atoms with Crippen LogP contribution in [0.2, 0.25) is 0 Å². The molecule has 0 bridgehead atoms. The summed E-state index contributed by atoms with van der Waals surface area (Å²) in [6, 6.07) is 16.3. The first-order valence-electron chi connectivity index (χ1n) is 6.34. The number of benzene rings is 2. The quantitative estimate of drug-likeness (QED) is 0.854. The molecule has 1 aliphatic heterocycles. The molecule has 3 rings (SSSR count). The Labute approximate surface area is 112 Å². The van der Waals surface area contributed by atoms with E-state index in [2.05, 4.69) is 23.5 Å². The van der Waals surface area contributed by atoms with E-state index in [0.29, 0.717) is 6.42 Å². The summed E-state index contributed by atoms with van der Waals surface area (Å²) in [5.74, 6) is 0.869. The molecule has 1 amide bonds. The number of nitrogens with one attached hydrogen (secondary N) is 1. The number of β-lactam (4-membered cyclic amide) rings is 1. The van der Waals surface area contributed by atoms with E-state index in [4.69, 9.17) is 4.74 Å². The van der Waals surface area contributed by atoms with Crippen molar-refractivity contribution in [3.63, 3.8) is 0 Å². The van der Waals surface area contributed by atoms with Crippen molar-refractivity contribution in [3.05, 3.63) is 54.1 Å². The Kier molecular flexibility index (Phi) is 2.95. The third-order valence-electron chi connectivity index (χ3n) is 3.24. The van der Waals surface area contributed by atoms with Gasteiger partial charge in [-0.05, 0) is 35.7 Å². The molecule has 1 aliphatic rings. The number of aryl methyl sites for hydroxylation is 1. The minimum atomic E-state index is -0.172. The van der Waals surface area contributed by atoms with Gasteiger partial charge in [-0.15, -0.1) is 0 Å². The Hall–Kier alpha value is -2.29. The molecule has 2 aromatic carbocycles. The maximum absolute atomic E-state index is 10.8. The molecule has 0 saturated carbocycles. The highest BCUT2D eigenvalue weighted by molar-refractivity contribution is 5.82. The molecule has 0 aliphatic carbocycles. The molecular weight excluding hydrogens is 238 g/mol. The van der Waals surface area contributed by atoms with Gasteiger partial charge in [0.25, 0.3) is 0 Å². The largest absolute Gasteiger partial charge is 0.470 e. The molecule has 3 nitrogen and oxygen atoms in total. The summed E-state index contributed by atoms with van der Waals surface area (Å²) < 4.78 is 5.71. The maximum atomic E-state index is 10.8. The highest BCUT2D eigenvalue weighted by Gasteiger charge is 2.27. The Balaban J connectivity index is 1.80. The van der Waals surface area contributed by atoms with Gasteiger partial charge in [0.15, 0.2) is 6.23 Å². The van der Waals surface area contributed by atoms with E-state index in [0.717, 1.165) is 11.3 Å². The third-order valence-corrected chi connectivity index (χ3v) is 3.24. The first-order chi connectivity index (χ1) is 9.22. The molecular formula is C16H15NO2. The Morgan fingerprint density at radius 1 is 1.11 bits per heavy atom. The molecule has 0 spiro atoms. The van der Waals surface area contributed by atoms with Crippen molar-refractivity contribution < 1.29 is 9.53 Å². The highest BCUT2D eigenvalue weighted by atomic mass is 16.5. The van der Waals surface area contributed by atoms with Crippen molar-refractivity contribution in [1.82, 2.24) is 5.32 Å². The summed E-state index contributed by atoms with van der Waals surface area (Å²) in [6.07, 6.45) is 0.272. The van der Waals surface area contributed by atoms with Crippen LogP contribution in [0.5, 0.6) is 5.75 Å². The highest BCUT2D eigenvalue weighted by Crippen LogP contribution is 2.27. The Morgan fingerprint density at radius 2 is 1.84 bits per heavy atom. The molecule has 1 fully saturated rings. The fourth-order valence-electron chi connectivity index (χ4n) is 2.14. The molecule has 1 heterocycles. The molecule has 0 radical (unpaired) electrons. The summed E-state index contributed by atoms with van der Waals surface area (Å²) in [5, 5.41) is 2.70. The van der Waals surface area contributed by atoms with Crippen LogP contribution in [-0.2, 0) is 4.79 Å². The van der Waals surface area contributed by atoms with E-state index >= 15 is 0 Å². The van der Waals surface area contributed by atoms with Gasteiger partial charge >= 0.3 is 0 Å². The number of rotatable bonds is 3. The smallest absolute Gasteiger partial charge is 0.228 e. The van der Waals surface area contributed by atoms with Gasteiger partial charge in [0.1, 0.15) is 5.75 Å². The molecule has 96 valence electrons. The van der Waals surface area contributed by atoms with Crippen LogP contribution in [-0.4, -0.2) is 12.1 Å². The lowest BCUT2D eigenvalue weighted by atomic mass is 10.0. The van der Waals surface area contributed by atoms with Gasteiger partial charge in [0, 0.05) is 0 Å². The summed E-state index contributed by atoms with van der Waals surface area (Å²) >= 11 is 0. The van der Waals surface area contributed by atoms with Gasteiger partial charge in [-0.3, -0.25) is 4.79 Å². The number of hydrogen-bond acceptors (Lipinski definition) is 2. The van der Waals surface area contributed by atoms with Crippen LogP contribution in [0.15, 0.2) is 48.5 Å². The lowest BCUT2D eigenvalue weighted by molar-refractivity contribution is -0.134. The Bertz CT molecular complexity index is 599. The van der Waals surface area contributed by atoms with Crippen molar-refractivity contribution in [2.75, 3.05) is 0 Å². The standard InChI is InChI=1S/C16H15NO2/c1-11-9-13(12-5-3-2-4-6-12)7-8-14(11)19-16-10-15(18)17-16/h2-9,16H,10H2,1H3,(H,17,18)/t16-/m1/s1. The molecule has 3 heteroatoms. The molecule has 1 saturated heterocycles. The van der Waals surface area contributed by atoms with Gasteiger partial charge in [-0.2, -0.15) is 0 Å². The van der Waals surface area contributed by atoms with Crippen molar-refractivity contribution >= 4 is 5.91 Å². The van der Waals surface area contributed by atoms with E-state index in [1.54, 1.807) is 0 Å². The fraction of sp³-hybridized carbons (Fsp3) is 0.188. The average Bonchev–Trinajstić information content (AvgIpc) is 2.40. The van der Waals surface area contributed by atoms with Crippen LogP contribution < -0.4 is 10.1 Å². The number of carbonyl (C=O) groups excluding carboxylic acids is 1. The van der Waals surface area contributed by atoms with Gasteiger partial charge in [-0.1, -0.05) is 36.4 Å². The zero-order chi connectivity index (χ0) is 13.2. The van der Waals surface area contributed by atoms with Crippen molar-refractivity contribution in [2.24, 2.45) is 0 Å². The topological polar surface area (TPSA) is 38.3 Å². The molecule has 19 heavy (non-hydrogen) atoms. The van der Waals surface area contributed by atoms with Gasteiger partial charge in [0.2, 0.25) is 5.91 Å². The minimum Gasteiger partial charge on any atom is -0.470 e. The van der Waals surface area contributed by atoms with Crippen LogP contribution in [0.1, 0.15) is 12.0 Å². The number of ether oxygens (including phenoxy) is 1. The summed E-state index contributed by atoms with van der Waals surface area (Å²) in [7, 11) is 0. The van der Waals surface area contributed by atoms with Crippen LogP contribution in [0, 0.1) is 6.92 Å². The van der Waals surface area contributed by atoms with E-state index in [9.17, 15) is 4.79 Å². The molecule has 1 atom stereocenters. The average molecular weight is 253 g/mol. The normalized spacial score (nSPS) is 17.5. The number of hydrogen-bond donors (Lipinski definition) is 1. The van der Waals surface area contributed by atoms with Crippen molar-refractivity contribution in [1.29, 1.82) is 0 Å². The molecule has 0 unspecified atom stereocenters.